The molecule has 1 aromatic heterocycles. The maximum Gasteiger partial charge on any atom is 0.255 e. The normalized spacial score (nSPS) is 10.5. The van der Waals surface area contributed by atoms with Crippen LogP contribution in [0.1, 0.15) is 48.5 Å². The highest BCUT2D eigenvalue weighted by atomic mass is 19.1. The van der Waals surface area contributed by atoms with Gasteiger partial charge >= 0.3 is 0 Å². The number of nitrogen functional groups attached to an aromatic ring is 1. The third kappa shape index (κ3) is 6.06. The molecular weight excluding hydrogens is 321 g/mol. The maximum atomic E-state index is 12.9. The Kier molecular flexibility index (Phi) is 7.19. The SMILES string of the molecule is CCCCCCOc1cccc(CNC(=O)c2ccc(F)nc2N)c1. The van der Waals surface area contributed by atoms with Crippen molar-refractivity contribution in [3.05, 3.63) is 53.5 Å². The lowest BCUT2D eigenvalue weighted by Gasteiger charge is -2.10. The van der Waals surface area contributed by atoms with Crippen molar-refractivity contribution in [1.29, 1.82) is 0 Å². The van der Waals surface area contributed by atoms with E-state index >= 15 is 0 Å². The van der Waals surface area contributed by atoms with E-state index in [1.807, 2.05) is 24.3 Å². The molecule has 2 rings (SSSR count). The molecule has 1 amide bonds. The number of rotatable bonds is 9. The minimum Gasteiger partial charge on any atom is -0.494 e. The fraction of sp³-hybridized carbons (Fsp3) is 0.368. The van der Waals surface area contributed by atoms with Crippen molar-refractivity contribution in [2.24, 2.45) is 0 Å². The van der Waals surface area contributed by atoms with Crippen LogP contribution in [0.15, 0.2) is 36.4 Å². The van der Waals surface area contributed by atoms with Crippen LogP contribution < -0.4 is 15.8 Å². The molecule has 134 valence electrons. The number of amides is 1. The number of nitrogens with one attached hydrogen (secondary N) is 1. The first-order chi connectivity index (χ1) is 12.1. The van der Waals surface area contributed by atoms with Gasteiger partial charge in [-0.2, -0.15) is 4.39 Å². The van der Waals surface area contributed by atoms with Crippen LogP contribution in [0, 0.1) is 5.95 Å². The fourth-order valence-electron chi connectivity index (χ4n) is 2.38. The van der Waals surface area contributed by atoms with Crippen LogP contribution in [0.2, 0.25) is 0 Å². The monoisotopic (exact) mass is 345 g/mol. The van der Waals surface area contributed by atoms with E-state index in [2.05, 4.69) is 17.2 Å². The van der Waals surface area contributed by atoms with Gasteiger partial charge in [0.25, 0.3) is 5.91 Å². The molecule has 0 fully saturated rings. The van der Waals surface area contributed by atoms with E-state index in [1.54, 1.807) is 0 Å². The Bertz CT molecular complexity index is 707. The second kappa shape index (κ2) is 9.61. The van der Waals surface area contributed by atoms with Crippen LogP contribution in [0.5, 0.6) is 5.75 Å². The van der Waals surface area contributed by atoms with Crippen molar-refractivity contribution >= 4 is 11.7 Å². The van der Waals surface area contributed by atoms with Crippen LogP contribution in [-0.4, -0.2) is 17.5 Å². The number of benzene rings is 1. The van der Waals surface area contributed by atoms with Gasteiger partial charge in [-0.25, -0.2) is 4.98 Å². The third-order valence-electron chi connectivity index (χ3n) is 3.75. The predicted molar refractivity (Wildman–Crippen MR) is 95.9 cm³/mol. The number of hydrogen-bond donors (Lipinski definition) is 2. The minimum atomic E-state index is -0.710. The maximum absolute atomic E-state index is 12.9. The van der Waals surface area contributed by atoms with Gasteiger partial charge in [0, 0.05) is 6.54 Å². The Morgan fingerprint density at radius 3 is 2.84 bits per heavy atom. The van der Waals surface area contributed by atoms with Crippen LogP contribution in [0.3, 0.4) is 0 Å². The molecule has 3 N–H and O–H groups in total. The Labute approximate surface area is 147 Å². The zero-order valence-corrected chi connectivity index (χ0v) is 14.4. The highest BCUT2D eigenvalue weighted by Gasteiger charge is 2.11. The number of carbonyl (C=O) groups is 1. The van der Waals surface area contributed by atoms with E-state index in [1.165, 1.54) is 25.3 Å². The smallest absolute Gasteiger partial charge is 0.255 e. The van der Waals surface area contributed by atoms with Crippen LogP contribution in [0.25, 0.3) is 0 Å². The molecule has 5 nitrogen and oxygen atoms in total. The van der Waals surface area contributed by atoms with E-state index in [9.17, 15) is 9.18 Å². The molecule has 0 spiro atoms. The molecule has 0 bridgehead atoms. The summed E-state index contributed by atoms with van der Waals surface area (Å²) in [5.74, 6) is -0.443. The van der Waals surface area contributed by atoms with Crippen LogP contribution >= 0.6 is 0 Å². The number of carbonyl (C=O) groups excluding carboxylic acids is 1. The molecule has 0 radical (unpaired) electrons. The second-order valence-electron chi connectivity index (χ2n) is 5.81. The van der Waals surface area contributed by atoms with Gasteiger partial charge < -0.3 is 15.8 Å². The zero-order valence-electron chi connectivity index (χ0n) is 14.4. The Morgan fingerprint density at radius 1 is 1.24 bits per heavy atom. The number of hydrogen-bond acceptors (Lipinski definition) is 4. The highest BCUT2D eigenvalue weighted by molar-refractivity contribution is 5.98. The molecule has 0 aliphatic carbocycles. The number of nitrogens with zero attached hydrogens (tertiary/aromatic N) is 1. The number of anilines is 1. The van der Waals surface area contributed by atoms with E-state index in [0.29, 0.717) is 13.2 Å². The largest absolute Gasteiger partial charge is 0.494 e. The molecule has 0 aliphatic heterocycles. The molecule has 0 aliphatic rings. The molecule has 0 unspecified atom stereocenters. The van der Waals surface area contributed by atoms with Gasteiger partial charge in [0.2, 0.25) is 5.95 Å². The van der Waals surface area contributed by atoms with Gasteiger partial charge in [-0.1, -0.05) is 38.3 Å². The van der Waals surface area contributed by atoms with Gasteiger partial charge in [0.1, 0.15) is 11.6 Å². The Balaban J connectivity index is 1.86. The molecular formula is C19H24FN3O2. The van der Waals surface area contributed by atoms with E-state index < -0.39 is 11.9 Å². The highest BCUT2D eigenvalue weighted by Crippen LogP contribution is 2.15. The van der Waals surface area contributed by atoms with Crippen molar-refractivity contribution in [2.45, 2.75) is 39.2 Å². The molecule has 0 saturated carbocycles. The summed E-state index contributed by atoms with van der Waals surface area (Å²) < 4.78 is 18.7. The molecule has 0 atom stereocenters. The predicted octanol–water partition coefficient (Wildman–Crippen LogP) is 3.69. The number of ether oxygens (including phenoxy) is 1. The minimum absolute atomic E-state index is 0.123. The summed E-state index contributed by atoms with van der Waals surface area (Å²) in [5.41, 5.74) is 6.64. The topological polar surface area (TPSA) is 77.2 Å². The molecule has 2 aromatic rings. The second-order valence-corrected chi connectivity index (χ2v) is 5.81. The van der Waals surface area contributed by atoms with E-state index in [0.717, 1.165) is 23.8 Å². The average Bonchev–Trinajstić information content (AvgIpc) is 2.60. The van der Waals surface area contributed by atoms with Crippen molar-refractivity contribution in [3.8, 4) is 5.75 Å². The lowest BCUT2D eigenvalue weighted by Crippen LogP contribution is -2.24. The summed E-state index contributed by atoms with van der Waals surface area (Å²) in [7, 11) is 0. The average molecular weight is 345 g/mol. The van der Waals surface area contributed by atoms with Gasteiger partial charge in [0.05, 0.1) is 12.2 Å². The third-order valence-corrected chi connectivity index (χ3v) is 3.75. The number of aromatic nitrogens is 1. The Morgan fingerprint density at radius 2 is 2.08 bits per heavy atom. The summed E-state index contributed by atoms with van der Waals surface area (Å²) in [6.45, 7) is 3.19. The van der Waals surface area contributed by atoms with Gasteiger partial charge in [-0.05, 0) is 36.2 Å². The van der Waals surface area contributed by atoms with Crippen LogP contribution in [0.4, 0.5) is 10.2 Å². The molecule has 6 heteroatoms. The van der Waals surface area contributed by atoms with E-state index in [-0.39, 0.29) is 11.4 Å². The number of unbranched alkanes of at least 4 members (excludes halogenated alkanes) is 3. The lowest BCUT2D eigenvalue weighted by molar-refractivity contribution is 0.0951. The number of pyridine rings is 1. The van der Waals surface area contributed by atoms with Crippen molar-refractivity contribution in [1.82, 2.24) is 10.3 Å². The summed E-state index contributed by atoms with van der Waals surface area (Å²) >= 11 is 0. The number of halogens is 1. The summed E-state index contributed by atoms with van der Waals surface area (Å²) in [4.78, 5) is 15.6. The number of nitrogens with two attached hydrogens (primary N) is 1. The Hall–Kier alpha value is -2.63. The van der Waals surface area contributed by atoms with Crippen molar-refractivity contribution in [3.63, 3.8) is 0 Å². The summed E-state index contributed by atoms with van der Waals surface area (Å²) in [5, 5.41) is 2.75. The quantitative estimate of drug-likeness (QED) is 0.537. The lowest BCUT2D eigenvalue weighted by atomic mass is 10.2. The van der Waals surface area contributed by atoms with Crippen molar-refractivity contribution < 1.29 is 13.9 Å². The summed E-state index contributed by atoms with van der Waals surface area (Å²) in [6, 6.07) is 10.0. The first kappa shape index (κ1) is 18.7. The van der Waals surface area contributed by atoms with Crippen LogP contribution in [-0.2, 0) is 6.54 Å². The molecule has 1 heterocycles. The molecule has 0 saturated heterocycles. The molecule has 1 aromatic carbocycles. The zero-order chi connectivity index (χ0) is 18.1. The van der Waals surface area contributed by atoms with E-state index in [4.69, 9.17) is 10.5 Å². The fourth-order valence-corrected chi connectivity index (χ4v) is 2.38. The van der Waals surface area contributed by atoms with Gasteiger partial charge in [-0.15, -0.1) is 0 Å². The molecule has 25 heavy (non-hydrogen) atoms. The van der Waals surface area contributed by atoms with Gasteiger partial charge in [0.15, 0.2) is 0 Å². The standard InChI is InChI=1S/C19H24FN3O2/c1-2-3-4-5-11-25-15-8-6-7-14(12-15)13-22-19(24)16-9-10-17(20)23-18(16)21/h6-10,12H,2-5,11,13H2,1H3,(H2,21,23)(H,22,24). The summed E-state index contributed by atoms with van der Waals surface area (Å²) in [6.07, 6.45) is 4.62. The first-order valence-corrected chi connectivity index (χ1v) is 8.52. The first-order valence-electron chi connectivity index (χ1n) is 8.52. The van der Waals surface area contributed by atoms with Crippen molar-refractivity contribution in [2.75, 3.05) is 12.3 Å². The van der Waals surface area contributed by atoms with Gasteiger partial charge in [-0.3, -0.25) is 4.79 Å².